The van der Waals surface area contributed by atoms with Gasteiger partial charge in [0.15, 0.2) is 0 Å². The van der Waals surface area contributed by atoms with Crippen molar-refractivity contribution in [2.24, 2.45) is 11.7 Å². The monoisotopic (exact) mass is 309 g/mol. The largest absolute Gasteiger partial charge is 0.354 e. The number of hydrogen-bond acceptors (Lipinski definition) is 3. The van der Waals surface area contributed by atoms with Gasteiger partial charge in [-0.1, -0.05) is 23.7 Å². The minimum Gasteiger partial charge on any atom is -0.354 e. The summed E-state index contributed by atoms with van der Waals surface area (Å²) in [7, 11) is 0. The zero-order chi connectivity index (χ0) is 15.2. The van der Waals surface area contributed by atoms with Crippen molar-refractivity contribution in [1.29, 1.82) is 0 Å². The quantitative estimate of drug-likeness (QED) is 0.875. The van der Waals surface area contributed by atoms with Crippen LogP contribution in [0, 0.1) is 5.92 Å². The van der Waals surface area contributed by atoms with Gasteiger partial charge < -0.3 is 11.1 Å². The first-order chi connectivity index (χ1) is 10.0. The second kappa shape index (κ2) is 7.78. The topological polar surface area (TPSA) is 58.4 Å². The Morgan fingerprint density at radius 3 is 2.57 bits per heavy atom. The number of benzene rings is 1. The van der Waals surface area contributed by atoms with Gasteiger partial charge in [-0.2, -0.15) is 0 Å². The zero-order valence-electron chi connectivity index (χ0n) is 12.5. The van der Waals surface area contributed by atoms with Crippen LogP contribution >= 0.6 is 11.6 Å². The van der Waals surface area contributed by atoms with Crippen LogP contribution in [0.2, 0.25) is 5.02 Å². The lowest BCUT2D eigenvalue weighted by Crippen LogP contribution is -2.43. The van der Waals surface area contributed by atoms with Crippen molar-refractivity contribution in [2.75, 3.05) is 19.6 Å². The molecule has 0 saturated carbocycles. The molecule has 1 aromatic carbocycles. The molecule has 0 spiro atoms. The Morgan fingerprint density at radius 2 is 2.00 bits per heavy atom. The molecule has 1 aliphatic rings. The van der Waals surface area contributed by atoms with E-state index in [-0.39, 0.29) is 5.91 Å². The van der Waals surface area contributed by atoms with Crippen molar-refractivity contribution in [3.05, 3.63) is 34.9 Å². The minimum absolute atomic E-state index is 0.0569. The summed E-state index contributed by atoms with van der Waals surface area (Å²) in [4.78, 5) is 13.9. The van der Waals surface area contributed by atoms with Gasteiger partial charge in [-0.25, -0.2) is 0 Å². The Hall–Kier alpha value is -1.10. The molecule has 3 N–H and O–H groups in total. The first-order valence-corrected chi connectivity index (χ1v) is 7.92. The van der Waals surface area contributed by atoms with E-state index in [1.165, 1.54) is 5.56 Å². The molecule has 0 unspecified atom stereocenters. The molecule has 4 nitrogen and oxygen atoms in total. The van der Waals surface area contributed by atoms with Gasteiger partial charge in [0, 0.05) is 18.1 Å². The van der Waals surface area contributed by atoms with Gasteiger partial charge in [-0.15, -0.1) is 0 Å². The highest BCUT2D eigenvalue weighted by molar-refractivity contribution is 6.30. The summed E-state index contributed by atoms with van der Waals surface area (Å²) in [5.41, 5.74) is 6.84. The number of nitrogens with zero attached hydrogens (tertiary/aromatic N) is 1. The summed E-state index contributed by atoms with van der Waals surface area (Å²) in [5.74, 6) is 0.507. The van der Waals surface area contributed by atoms with E-state index in [1.807, 2.05) is 12.1 Å². The fraction of sp³-hybridized carbons (Fsp3) is 0.562. The van der Waals surface area contributed by atoms with Crippen LogP contribution in [0.4, 0.5) is 0 Å². The van der Waals surface area contributed by atoms with E-state index in [9.17, 15) is 4.79 Å². The van der Waals surface area contributed by atoms with Crippen molar-refractivity contribution in [2.45, 2.75) is 32.4 Å². The Labute approximate surface area is 131 Å². The first kappa shape index (κ1) is 16.3. The lowest BCUT2D eigenvalue weighted by atomic mass is 9.96. The molecule has 0 bridgehead atoms. The predicted octanol–water partition coefficient (Wildman–Crippen LogP) is 2.02. The highest BCUT2D eigenvalue weighted by atomic mass is 35.5. The number of carbonyl (C=O) groups excluding carboxylic acids is 1. The fourth-order valence-corrected chi connectivity index (χ4v) is 2.73. The Kier molecular flexibility index (Phi) is 6.03. The minimum atomic E-state index is -0.421. The van der Waals surface area contributed by atoms with E-state index in [4.69, 9.17) is 17.3 Å². The van der Waals surface area contributed by atoms with E-state index in [2.05, 4.69) is 22.3 Å². The summed E-state index contributed by atoms with van der Waals surface area (Å²) in [6.07, 6.45) is 2.24. The molecule has 0 radical (unpaired) electrons. The first-order valence-electron chi connectivity index (χ1n) is 7.54. The number of rotatable bonds is 5. The molecule has 2 rings (SSSR count). The van der Waals surface area contributed by atoms with Crippen LogP contribution in [0.15, 0.2) is 24.3 Å². The molecule has 1 amide bonds. The molecule has 1 atom stereocenters. The van der Waals surface area contributed by atoms with Crippen LogP contribution in [0.25, 0.3) is 0 Å². The number of amides is 1. The van der Waals surface area contributed by atoms with Crippen LogP contribution < -0.4 is 11.1 Å². The van der Waals surface area contributed by atoms with Crippen LogP contribution in [-0.2, 0) is 11.3 Å². The lowest BCUT2D eigenvalue weighted by Gasteiger charge is -2.32. The molecule has 0 aliphatic carbocycles. The normalized spacial score (nSPS) is 18.4. The van der Waals surface area contributed by atoms with Gasteiger partial charge in [-0.05, 0) is 56.5 Å². The second-order valence-electron chi connectivity index (χ2n) is 5.88. The number of halogens is 1. The summed E-state index contributed by atoms with van der Waals surface area (Å²) < 4.78 is 0. The van der Waals surface area contributed by atoms with Crippen LogP contribution in [0.3, 0.4) is 0 Å². The summed E-state index contributed by atoms with van der Waals surface area (Å²) in [6, 6.07) is 7.62. The summed E-state index contributed by atoms with van der Waals surface area (Å²) in [6.45, 7) is 5.57. The molecule has 21 heavy (non-hydrogen) atoms. The van der Waals surface area contributed by atoms with Gasteiger partial charge in [0.2, 0.25) is 5.91 Å². The number of likely N-dealkylation sites (tertiary alicyclic amines) is 1. The second-order valence-corrected chi connectivity index (χ2v) is 6.32. The summed E-state index contributed by atoms with van der Waals surface area (Å²) >= 11 is 5.90. The molecular formula is C16H24ClN3O. The molecule has 1 aromatic rings. The molecule has 0 aromatic heterocycles. The van der Waals surface area contributed by atoms with Gasteiger partial charge in [0.25, 0.3) is 0 Å². The van der Waals surface area contributed by atoms with Crippen molar-refractivity contribution < 1.29 is 4.79 Å². The average molecular weight is 310 g/mol. The zero-order valence-corrected chi connectivity index (χ0v) is 13.3. The van der Waals surface area contributed by atoms with Gasteiger partial charge in [0.1, 0.15) is 0 Å². The molecule has 116 valence electrons. The third kappa shape index (κ3) is 5.30. The Morgan fingerprint density at radius 1 is 1.38 bits per heavy atom. The SMILES string of the molecule is C[C@H](N)C(=O)NCC1CCN(Cc2ccc(Cl)cc2)CC1. The van der Waals surface area contributed by atoms with Crippen LogP contribution in [0.5, 0.6) is 0 Å². The average Bonchev–Trinajstić information content (AvgIpc) is 2.48. The van der Waals surface area contributed by atoms with Crippen molar-refractivity contribution >= 4 is 17.5 Å². The van der Waals surface area contributed by atoms with Gasteiger partial charge in [0.05, 0.1) is 6.04 Å². The predicted molar refractivity (Wildman–Crippen MR) is 86.1 cm³/mol. The third-order valence-corrected chi connectivity index (χ3v) is 4.26. The molecule has 1 fully saturated rings. The Balaban J connectivity index is 1.70. The van der Waals surface area contributed by atoms with E-state index in [0.717, 1.165) is 44.0 Å². The maximum Gasteiger partial charge on any atom is 0.236 e. The highest BCUT2D eigenvalue weighted by Gasteiger charge is 2.20. The van der Waals surface area contributed by atoms with E-state index >= 15 is 0 Å². The van der Waals surface area contributed by atoms with Crippen LogP contribution in [0.1, 0.15) is 25.3 Å². The molecular weight excluding hydrogens is 286 g/mol. The van der Waals surface area contributed by atoms with Crippen molar-refractivity contribution in [3.8, 4) is 0 Å². The van der Waals surface area contributed by atoms with Gasteiger partial charge in [-0.3, -0.25) is 9.69 Å². The maximum atomic E-state index is 11.5. The number of nitrogens with two attached hydrogens (primary N) is 1. The van der Waals surface area contributed by atoms with Gasteiger partial charge >= 0.3 is 0 Å². The number of piperidine rings is 1. The Bertz CT molecular complexity index is 453. The van der Waals surface area contributed by atoms with E-state index in [1.54, 1.807) is 6.92 Å². The molecule has 1 heterocycles. The molecule has 1 aliphatic heterocycles. The number of hydrogen-bond donors (Lipinski definition) is 2. The maximum absolute atomic E-state index is 11.5. The highest BCUT2D eigenvalue weighted by Crippen LogP contribution is 2.19. The third-order valence-electron chi connectivity index (χ3n) is 4.01. The number of nitrogens with one attached hydrogen (secondary N) is 1. The van der Waals surface area contributed by atoms with Crippen molar-refractivity contribution in [1.82, 2.24) is 10.2 Å². The fourth-order valence-electron chi connectivity index (χ4n) is 2.60. The lowest BCUT2D eigenvalue weighted by molar-refractivity contribution is -0.122. The summed E-state index contributed by atoms with van der Waals surface area (Å²) in [5, 5.41) is 3.71. The van der Waals surface area contributed by atoms with Crippen molar-refractivity contribution in [3.63, 3.8) is 0 Å². The molecule has 1 saturated heterocycles. The smallest absolute Gasteiger partial charge is 0.236 e. The van der Waals surface area contributed by atoms with Crippen LogP contribution in [-0.4, -0.2) is 36.5 Å². The molecule has 5 heteroatoms. The van der Waals surface area contributed by atoms with E-state index < -0.39 is 6.04 Å². The van der Waals surface area contributed by atoms with E-state index in [0.29, 0.717) is 5.92 Å². The number of carbonyl (C=O) groups is 1. The standard InChI is InChI=1S/C16H24ClN3O/c1-12(18)16(21)19-10-13-6-8-20(9-7-13)11-14-2-4-15(17)5-3-14/h2-5,12-13H,6-11,18H2,1H3,(H,19,21)/t12-/m0/s1.